The van der Waals surface area contributed by atoms with Crippen molar-refractivity contribution in [3.05, 3.63) is 52.8 Å². The summed E-state index contributed by atoms with van der Waals surface area (Å²) in [5.74, 6) is -1.44. The molecule has 5 heteroatoms. The van der Waals surface area contributed by atoms with E-state index >= 15 is 0 Å². The second kappa shape index (κ2) is 4.91. The van der Waals surface area contributed by atoms with Gasteiger partial charge in [0.1, 0.15) is 6.61 Å². The number of esters is 1. The molecule has 0 amide bonds. The fourth-order valence-corrected chi connectivity index (χ4v) is 2.37. The highest BCUT2D eigenvalue weighted by atomic mass is 19.1. The van der Waals surface area contributed by atoms with Gasteiger partial charge < -0.3 is 9.47 Å². The Morgan fingerprint density at radius 1 is 1.33 bits per heavy atom. The van der Waals surface area contributed by atoms with Crippen molar-refractivity contribution < 1.29 is 18.7 Å². The lowest BCUT2D eigenvalue weighted by atomic mass is 9.94. The Labute approximate surface area is 120 Å². The van der Waals surface area contributed by atoms with Crippen LogP contribution in [0, 0.1) is 17.1 Å². The average Bonchev–Trinajstić information content (AvgIpc) is 2.53. The average molecular weight is 283 g/mol. The third kappa shape index (κ3) is 2.01. The van der Waals surface area contributed by atoms with Crippen LogP contribution < -0.4 is 4.74 Å². The zero-order chi connectivity index (χ0) is 15.0. The number of hydrogen-bond donors (Lipinski definition) is 0. The van der Waals surface area contributed by atoms with Gasteiger partial charge in [0.25, 0.3) is 0 Å². The van der Waals surface area contributed by atoms with Crippen LogP contribution in [-0.2, 0) is 11.3 Å². The van der Waals surface area contributed by atoms with Crippen molar-refractivity contribution >= 4 is 5.97 Å². The standard InChI is InChI=1S/C16H10FNO3/c1-20-16(19)13-5-4-12-11-3-2-9(7-18)6-10(11)8-21-15(12)14(13)17/h2-6H,8H2,1H3. The molecule has 2 aromatic carbocycles. The molecule has 0 fully saturated rings. The van der Waals surface area contributed by atoms with Gasteiger partial charge in [0, 0.05) is 5.56 Å². The van der Waals surface area contributed by atoms with E-state index in [0.717, 1.165) is 11.1 Å². The highest BCUT2D eigenvalue weighted by molar-refractivity contribution is 5.92. The summed E-state index contributed by atoms with van der Waals surface area (Å²) >= 11 is 0. The second-order valence-corrected chi connectivity index (χ2v) is 4.57. The monoisotopic (exact) mass is 283 g/mol. The van der Waals surface area contributed by atoms with E-state index in [-0.39, 0.29) is 17.9 Å². The maximum Gasteiger partial charge on any atom is 0.340 e. The van der Waals surface area contributed by atoms with Crippen molar-refractivity contribution in [2.75, 3.05) is 7.11 Å². The van der Waals surface area contributed by atoms with E-state index in [0.29, 0.717) is 11.1 Å². The third-order valence-electron chi connectivity index (χ3n) is 3.40. The van der Waals surface area contributed by atoms with Crippen molar-refractivity contribution in [1.82, 2.24) is 0 Å². The van der Waals surface area contributed by atoms with E-state index in [9.17, 15) is 9.18 Å². The number of rotatable bonds is 1. The van der Waals surface area contributed by atoms with Crippen LogP contribution in [-0.4, -0.2) is 13.1 Å². The maximum atomic E-state index is 14.4. The first-order chi connectivity index (χ1) is 10.2. The highest BCUT2D eigenvalue weighted by Crippen LogP contribution is 2.40. The molecule has 3 rings (SSSR count). The van der Waals surface area contributed by atoms with Crippen LogP contribution in [0.4, 0.5) is 4.39 Å². The minimum atomic E-state index is -0.746. The Bertz CT molecular complexity index is 793. The number of nitriles is 1. The molecule has 1 heterocycles. The van der Waals surface area contributed by atoms with Gasteiger partial charge in [-0.2, -0.15) is 5.26 Å². The van der Waals surface area contributed by atoms with Crippen molar-refractivity contribution in [3.8, 4) is 22.9 Å². The Balaban J connectivity index is 2.17. The molecule has 0 aliphatic carbocycles. The Morgan fingerprint density at radius 3 is 2.81 bits per heavy atom. The van der Waals surface area contributed by atoms with Crippen molar-refractivity contribution in [3.63, 3.8) is 0 Å². The van der Waals surface area contributed by atoms with E-state index < -0.39 is 11.8 Å². The lowest BCUT2D eigenvalue weighted by molar-refractivity contribution is 0.0594. The van der Waals surface area contributed by atoms with Crippen molar-refractivity contribution in [1.29, 1.82) is 5.26 Å². The van der Waals surface area contributed by atoms with Crippen LogP contribution in [0.3, 0.4) is 0 Å². The molecular weight excluding hydrogens is 273 g/mol. The molecule has 1 aliphatic rings. The van der Waals surface area contributed by atoms with Crippen molar-refractivity contribution in [2.45, 2.75) is 6.61 Å². The van der Waals surface area contributed by atoms with Crippen molar-refractivity contribution in [2.24, 2.45) is 0 Å². The van der Waals surface area contributed by atoms with E-state index in [1.165, 1.54) is 13.2 Å². The van der Waals surface area contributed by atoms with E-state index in [4.69, 9.17) is 10.00 Å². The number of hydrogen-bond acceptors (Lipinski definition) is 4. The molecule has 0 bridgehead atoms. The molecule has 0 atom stereocenters. The van der Waals surface area contributed by atoms with Gasteiger partial charge in [0.2, 0.25) is 0 Å². The molecule has 0 aromatic heterocycles. The molecule has 0 spiro atoms. The first kappa shape index (κ1) is 13.1. The molecule has 0 saturated heterocycles. The molecule has 0 unspecified atom stereocenters. The van der Waals surface area contributed by atoms with Gasteiger partial charge >= 0.3 is 5.97 Å². The number of methoxy groups -OCH3 is 1. The molecule has 0 saturated carbocycles. The molecular formula is C16H10FNO3. The molecule has 21 heavy (non-hydrogen) atoms. The number of benzene rings is 2. The van der Waals surface area contributed by atoms with E-state index in [1.807, 2.05) is 0 Å². The minimum Gasteiger partial charge on any atom is -0.485 e. The van der Waals surface area contributed by atoms with Gasteiger partial charge in [0.15, 0.2) is 11.6 Å². The van der Waals surface area contributed by atoms with Crippen LogP contribution in [0.15, 0.2) is 30.3 Å². The van der Waals surface area contributed by atoms with Gasteiger partial charge in [-0.25, -0.2) is 9.18 Å². The van der Waals surface area contributed by atoms with Gasteiger partial charge in [-0.15, -0.1) is 0 Å². The quantitative estimate of drug-likeness (QED) is 0.755. The molecule has 2 aromatic rings. The summed E-state index contributed by atoms with van der Waals surface area (Å²) in [5.41, 5.74) is 2.53. The number of fused-ring (bicyclic) bond motifs is 3. The number of nitrogens with zero attached hydrogens (tertiary/aromatic N) is 1. The summed E-state index contributed by atoms with van der Waals surface area (Å²) in [6.07, 6.45) is 0. The number of carbonyl (C=O) groups excluding carboxylic acids is 1. The largest absolute Gasteiger partial charge is 0.485 e. The SMILES string of the molecule is COC(=O)c1ccc2c(c1F)OCc1cc(C#N)ccc1-2. The molecule has 104 valence electrons. The van der Waals surface area contributed by atoms with Crippen LogP contribution in [0.25, 0.3) is 11.1 Å². The lowest BCUT2D eigenvalue weighted by Crippen LogP contribution is -2.11. The first-order valence-corrected chi connectivity index (χ1v) is 6.22. The summed E-state index contributed by atoms with van der Waals surface area (Å²) in [4.78, 5) is 11.5. The predicted octanol–water partition coefficient (Wildman–Crippen LogP) is 3.04. The van der Waals surface area contributed by atoms with E-state index in [1.54, 1.807) is 24.3 Å². The number of halogens is 1. The van der Waals surface area contributed by atoms with Gasteiger partial charge in [-0.1, -0.05) is 6.07 Å². The summed E-state index contributed by atoms with van der Waals surface area (Å²) in [6.45, 7) is 0.152. The summed E-state index contributed by atoms with van der Waals surface area (Å²) in [5, 5.41) is 8.90. The van der Waals surface area contributed by atoms with Crippen LogP contribution in [0.1, 0.15) is 21.5 Å². The molecule has 1 aliphatic heterocycles. The maximum absolute atomic E-state index is 14.4. The summed E-state index contributed by atoms with van der Waals surface area (Å²) < 4.78 is 24.3. The molecule has 0 N–H and O–H groups in total. The Hall–Kier alpha value is -2.87. The smallest absolute Gasteiger partial charge is 0.340 e. The Kier molecular flexibility index (Phi) is 3.07. The number of ether oxygens (including phenoxy) is 2. The Morgan fingerprint density at radius 2 is 2.10 bits per heavy atom. The summed E-state index contributed by atoms with van der Waals surface area (Å²) in [6, 6.07) is 10.2. The molecule has 4 nitrogen and oxygen atoms in total. The minimum absolute atomic E-state index is 0.0371. The van der Waals surface area contributed by atoms with E-state index in [2.05, 4.69) is 10.8 Å². The third-order valence-corrected chi connectivity index (χ3v) is 3.40. The first-order valence-electron chi connectivity index (χ1n) is 6.22. The number of carbonyl (C=O) groups is 1. The topological polar surface area (TPSA) is 59.3 Å². The second-order valence-electron chi connectivity index (χ2n) is 4.57. The van der Waals surface area contributed by atoms with Crippen LogP contribution >= 0.6 is 0 Å². The lowest BCUT2D eigenvalue weighted by Gasteiger charge is -2.22. The van der Waals surface area contributed by atoms with Gasteiger partial charge in [0.05, 0.1) is 24.3 Å². The van der Waals surface area contributed by atoms with Crippen LogP contribution in [0.5, 0.6) is 5.75 Å². The summed E-state index contributed by atoms with van der Waals surface area (Å²) in [7, 11) is 1.20. The van der Waals surface area contributed by atoms with Crippen LogP contribution in [0.2, 0.25) is 0 Å². The predicted molar refractivity (Wildman–Crippen MR) is 72.2 cm³/mol. The molecule has 0 radical (unpaired) electrons. The normalized spacial score (nSPS) is 11.7. The zero-order valence-electron chi connectivity index (χ0n) is 11.1. The van der Waals surface area contributed by atoms with Gasteiger partial charge in [-0.05, 0) is 35.4 Å². The highest BCUT2D eigenvalue weighted by Gasteiger charge is 2.25. The zero-order valence-corrected chi connectivity index (χ0v) is 11.1. The fraction of sp³-hybridized carbons (Fsp3) is 0.125. The van der Waals surface area contributed by atoms with Gasteiger partial charge in [-0.3, -0.25) is 0 Å². The fourth-order valence-electron chi connectivity index (χ4n) is 2.37.